The fraction of sp³-hybridized carbons (Fsp3) is 0.125. The van der Waals surface area contributed by atoms with Gasteiger partial charge in [0.25, 0.3) is 5.91 Å². The van der Waals surface area contributed by atoms with Crippen molar-refractivity contribution in [3.8, 4) is 0 Å². The van der Waals surface area contributed by atoms with E-state index in [2.05, 4.69) is 16.4 Å². The Hall–Kier alpha value is -3.35. The molecule has 3 aromatic carbocycles. The van der Waals surface area contributed by atoms with Crippen LogP contribution < -0.4 is 10.2 Å². The predicted molar refractivity (Wildman–Crippen MR) is 120 cm³/mol. The minimum absolute atomic E-state index is 0.110. The van der Waals surface area contributed by atoms with Crippen molar-refractivity contribution in [2.75, 3.05) is 18.9 Å². The van der Waals surface area contributed by atoms with Gasteiger partial charge in [-0.1, -0.05) is 54.6 Å². The van der Waals surface area contributed by atoms with Crippen molar-refractivity contribution < 1.29 is 14.5 Å². The first-order chi connectivity index (χ1) is 14.6. The molecule has 5 nitrogen and oxygen atoms in total. The first kappa shape index (κ1) is 19.9. The van der Waals surface area contributed by atoms with E-state index in [1.807, 2.05) is 49.5 Å². The predicted octanol–water partition coefficient (Wildman–Crippen LogP) is 3.18. The Labute approximate surface area is 179 Å². The number of fused-ring (bicyclic) bond motifs is 1. The van der Waals surface area contributed by atoms with Crippen molar-refractivity contribution >= 4 is 38.9 Å². The monoisotopic (exact) mass is 416 g/mol. The molecule has 0 bridgehead atoms. The van der Waals surface area contributed by atoms with Crippen molar-refractivity contribution in [2.24, 2.45) is 0 Å². The highest BCUT2D eigenvalue weighted by atomic mass is 32.1. The van der Waals surface area contributed by atoms with Crippen molar-refractivity contribution in [1.82, 2.24) is 4.98 Å². The smallest absolute Gasteiger partial charge is 0.279 e. The number of quaternary nitrogens is 1. The second-order valence-corrected chi connectivity index (χ2v) is 8.29. The fourth-order valence-electron chi connectivity index (χ4n) is 3.32. The topological polar surface area (TPSA) is 63.5 Å². The van der Waals surface area contributed by atoms with E-state index >= 15 is 0 Å². The second kappa shape index (κ2) is 8.98. The molecule has 1 amide bonds. The molecule has 1 heterocycles. The summed E-state index contributed by atoms with van der Waals surface area (Å²) in [5.41, 5.74) is 2.60. The molecule has 1 aromatic heterocycles. The maximum absolute atomic E-state index is 12.8. The second-order valence-electron chi connectivity index (χ2n) is 7.17. The Morgan fingerprint density at radius 1 is 0.933 bits per heavy atom. The van der Waals surface area contributed by atoms with Crippen LogP contribution in [0.15, 0.2) is 78.9 Å². The van der Waals surface area contributed by atoms with E-state index in [0.29, 0.717) is 23.4 Å². The van der Waals surface area contributed by atoms with Crippen LogP contribution in [0.1, 0.15) is 20.9 Å². The van der Waals surface area contributed by atoms with Gasteiger partial charge in [0.1, 0.15) is 11.6 Å². The van der Waals surface area contributed by atoms with Gasteiger partial charge in [-0.3, -0.25) is 9.59 Å². The molecule has 0 radical (unpaired) electrons. The highest BCUT2D eigenvalue weighted by Gasteiger charge is 2.17. The normalized spacial score (nSPS) is 11.9. The maximum Gasteiger partial charge on any atom is 0.279 e. The number of para-hydroxylation sites is 2. The number of nitrogens with zero attached hydrogens (tertiary/aromatic N) is 1. The molecule has 0 aliphatic carbocycles. The molecule has 0 fully saturated rings. The molecule has 0 aliphatic rings. The molecule has 1 atom stereocenters. The number of amides is 1. The third-order valence-corrected chi connectivity index (χ3v) is 5.77. The number of carbonyl (C=O) groups excluding carboxylic acids is 2. The van der Waals surface area contributed by atoms with Gasteiger partial charge in [-0.25, -0.2) is 4.98 Å². The van der Waals surface area contributed by atoms with Crippen LogP contribution in [0, 0.1) is 0 Å². The number of hydrogen-bond donors (Lipinski definition) is 2. The van der Waals surface area contributed by atoms with Gasteiger partial charge in [0, 0.05) is 11.1 Å². The molecular formula is C24H22N3O2S+. The van der Waals surface area contributed by atoms with Crippen molar-refractivity contribution in [1.29, 1.82) is 0 Å². The van der Waals surface area contributed by atoms with E-state index in [0.717, 1.165) is 20.1 Å². The molecule has 0 spiro atoms. The van der Waals surface area contributed by atoms with Crippen molar-refractivity contribution in [3.63, 3.8) is 0 Å². The standard InChI is InChI=1S/C24H21N3O2S/c1-27(16-23-26-20-13-7-8-14-21(20)30-23)15-22(28)25-19-12-6-5-11-18(19)24(29)17-9-3-2-4-10-17/h2-14H,15-16H2,1H3,(H,25,28)/p+1. The van der Waals surface area contributed by atoms with E-state index < -0.39 is 0 Å². The zero-order valence-electron chi connectivity index (χ0n) is 16.6. The van der Waals surface area contributed by atoms with Crippen LogP contribution in [0.3, 0.4) is 0 Å². The van der Waals surface area contributed by atoms with E-state index in [9.17, 15) is 9.59 Å². The van der Waals surface area contributed by atoms with Gasteiger partial charge >= 0.3 is 0 Å². The number of thiazole rings is 1. The van der Waals surface area contributed by atoms with Gasteiger partial charge in [0.05, 0.1) is 23.0 Å². The Morgan fingerprint density at radius 3 is 2.43 bits per heavy atom. The van der Waals surface area contributed by atoms with E-state index in [1.165, 1.54) is 0 Å². The zero-order chi connectivity index (χ0) is 20.9. The number of ketones is 1. The van der Waals surface area contributed by atoms with Gasteiger partial charge < -0.3 is 10.2 Å². The maximum atomic E-state index is 12.8. The summed E-state index contributed by atoms with van der Waals surface area (Å²) in [6.07, 6.45) is 0. The van der Waals surface area contributed by atoms with Crippen LogP contribution in [-0.4, -0.2) is 30.3 Å². The number of benzene rings is 3. The molecular weight excluding hydrogens is 394 g/mol. The minimum atomic E-state index is -0.137. The van der Waals surface area contributed by atoms with E-state index in [1.54, 1.807) is 41.7 Å². The number of rotatable bonds is 7. The summed E-state index contributed by atoms with van der Waals surface area (Å²) in [7, 11) is 1.96. The molecule has 30 heavy (non-hydrogen) atoms. The van der Waals surface area contributed by atoms with Crippen LogP contribution >= 0.6 is 11.3 Å². The number of nitrogens with one attached hydrogen (secondary N) is 2. The lowest BCUT2D eigenvalue weighted by Crippen LogP contribution is -3.08. The van der Waals surface area contributed by atoms with Crippen LogP contribution in [-0.2, 0) is 11.3 Å². The van der Waals surface area contributed by atoms with Gasteiger partial charge in [-0.05, 0) is 24.3 Å². The summed E-state index contributed by atoms with van der Waals surface area (Å²) in [5, 5.41) is 3.91. The lowest BCUT2D eigenvalue weighted by molar-refractivity contribution is -0.885. The fourth-order valence-corrected chi connectivity index (χ4v) is 4.40. The van der Waals surface area contributed by atoms with Crippen molar-refractivity contribution in [2.45, 2.75) is 6.54 Å². The van der Waals surface area contributed by atoms with Gasteiger partial charge in [-0.15, -0.1) is 11.3 Å². The number of aromatic nitrogens is 1. The summed E-state index contributed by atoms with van der Waals surface area (Å²) in [6.45, 7) is 0.946. The zero-order valence-corrected chi connectivity index (χ0v) is 17.4. The highest BCUT2D eigenvalue weighted by molar-refractivity contribution is 7.18. The summed E-state index contributed by atoms with van der Waals surface area (Å²) >= 11 is 1.65. The number of hydrogen-bond acceptors (Lipinski definition) is 4. The summed E-state index contributed by atoms with van der Waals surface area (Å²) in [6, 6.07) is 24.2. The average Bonchev–Trinajstić information content (AvgIpc) is 3.16. The molecule has 0 saturated heterocycles. The number of carbonyl (C=O) groups is 2. The minimum Gasteiger partial charge on any atom is -0.324 e. The summed E-state index contributed by atoms with van der Waals surface area (Å²) in [4.78, 5) is 31.1. The number of likely N-dealkylation sites (N-methyl/N-ethyl adjacent to an activating group) is 1. The van der Waals surface area contributed by atoms with Gasteiger partial charge in [-0.2, -0.15) is 0 Å². The molecule has 0 saturated carbocycles. The Kier molecular flexibility index (Phi) is 5.97. The number of anilines is 1. The average molecular weight is 417 g/mol. The highest BCUT2D eigenvalue weighted by Crippen LogP contribution is 2.21. The largest absolute Gasteiger partial charge is 0.324 e. The molecule has 6 heteroatoms. The van der Waals surface area contributed by atoms with Gasteiger partial charge in [0.15, 0.2) is 12.3 Å². The Morgan fingerprint density at radius 2 is 1.63 bits per heavy atom. The Bertz CT molecular complexity index is 1150. The van der Waals surface area contributed by atoms with Crippen LogP contribution in [0.25, 0.3) is 10.2 Å². The SMILES string of the molecule is C[NH+](CC(=O)Nc1ccccc1C(=O)c1ccccc1)Cc1nc2ccccc2s1. The van der Waals surface area contributed by atoms with Crippen LogP contribution in [0.2, 0.25) is 0 Å². The molecule has 150 valence electrons. The van der Waals surface area contributed by atoms with E-state index in [4.69, 9.17) is 0 Å². The first-order valence-electron chi connectivity index (χ1n) is 9.74. The molecule has 2 N–H and O–H groups in total. The quantitative estimate of drug-likeness (QED) is 0.455. The summed E-state index contributed by atoms with van der Waals surface area (Å²) in [5.74, 6) is -0.247. The summed E-state index contributed by atoms with van der Waals surface area (Å²) < 4.78 is 1.15. The third-order valence-electron chi connectivity index (χ3n) is 4.74. The molecule has 1 unspecified atom stereocenters. The third kappa shape index (κ3) is 4.62. The first-order valence-corrected chi connectivity index (χ1v) is 10.6. The molecule has 4 aromatic rings. The van der Waals surface area contributed by atoms with Gasteiger partial charge in [0.2, 0.25) is 0 Å². The molecule has 0 aliphatic heterocycles. The molecule has 4 rings (SSSR count). The van der Waals surface area contributed by atoms with Crippen LogP contribution in [0.4, 0.5) is 5.69 Å². The van der Waals surface area contributed by atoms with Crippen LogP contribution in [0.5, 0.6) is 0 Å². The lowest BCUT2D eigenvalue weighted by Gasteiger charge is -2.14. The van der Waals surface area contributed by atoms with Crippen molar-refractivity contribution in [3.05, 3.63) is 95.0 Å². The lowest BCUT2D eigenvalue weighted by atomic mass is 10.0. The Balaban J connectivity index is 1.42. The van der Waals surface area contributed by atoms with E-state index in [-0.39, 0.29) is 18.2 Å².